The first-order valence-electron chi connectivity index (χ1n) is 2.68. The first-order chi connectivity index (χ1) is 3.56. The maximum atomic E-state index is 8.14. The summed E-state index contributed by atoms with van der Waals surface area (Å²) in [5.74, 6) is 0. The summed E-state index contributed by atoms with van der Waals surface area (Å²) >= 11 is 0. The van der Waals surface area contributed by atoms with E-state index in [-0.39, 0.29) is 0 Å². The van der Waals surface area contributed by atoms with Crippen molar-refractivity contribution in [2.24, 2.45) is 0 Å². The molecule has 0 spiro atoms. The summed E-state index contributed by atoms with van der Waals surface area (Å²) in [7, 11) is -1.15. The summed E-state index contributed by atoms with van der Waals surface area (Å²) in [5.41, 5.74) is 0. The third-order valence-electron chi connectivity index (χ3n) is 0.698. The van der Waals surface area contributed by atoms with Gasteiger partial charge in [0, 0.05) is 0 Å². The van der Waals surface area contributed by atoms with Gasteiger partial charge in [-0.2, -0.15) is 5.26 Å². The number of hydrogen-bond acceptors (Lipinski definition) is 2. The summed E-state index contributed by atoms with van der Waals surface area (Å²) in [6.07, 6.45) is 0. The molecule has 0 rings (SSSR count). The average molecular weight is 128 g/mol. The zero-order chi connectivity index (χ0) is 6.62. The van der Waals surface area contributed by atoms with E-state index < -0.39 is 8.24 Å². The highest BCUT2D eigenvalue weighted by atomic mass is 28.3. The number of nitrogens with one attached hydrogen (secondary N) is 1. The molecule has 0 aromatic rings. The van der Waals surface area contributed by atoms with Gasteiger partial charge in [0.25, 0.3) is 0 Å². The van der Waals surface area contributed by atoms with Gasteiger partial charge in [-0.3, -0.25) is 0 Å². The molecule has 0 fully saturated rings. The SMILES string of the molecule is C[Si](C)(C)NCC#N. The number of hydrogen-bond donors (Lipinski definition) is 1. The Kier molecular flexibility index (Phi) is 2.73. The van der Waals surface area contributed by atoms with Gasteiger partial charge in [-0.1, -0.05) is 19.6 Å². The normalized spacial score (nSPS) is 10.8. The lowest BCUT2D eigenvalue weighted by Crippen LogP contribution is -2.41. The van der Waals surface area contributed by atoms with E-state index in [1.54, 1.807) is 0 Å². The fourth-order valence-electron chi connectivity index (χ4n) is 0.305. The zero-order valence-corrected chi connectivity index (χ0v) is 6.65. The van der Waals surface area contributed by atoms with Crippen LogP contribution in [0.3, 0.4) is 0 Å². The topological polar surface area (TPSA) is 35.8 Å². The van der Waals surface area contributed by atoms with E-state index in [0.717, 1.165) is 0 Å². The van der Waals surface area contributed by atoms with Crippen molar-refractivity contribution in [2.45, 2.75) is 19.6 Å². The average Bonchev–Trinajstić information content (AvgIpc) is 1.59. The van der Waals surface area contributed by atoms with E-state index in [2.05, 4.69) is 24.6 Å². The molecule has 0 heterocycles. The number of nitriles is 1. The molecule has 0 amide bonds. The minimum Gasteiger partial charge on any atom is -0.326 e. The Hall–Kier alpha value is -0.333. The van der Waals surface area contributed by atoms with Gasteiger partial charge in [-0.05, 0) is 0 Å². The van der Waals surface area contributed by atoms with Crippen LogP contribution in [0.1, 0.15) is 0 Å². The lowest BCUT2D eigenvalue weighted by Gasteiger charge is -2.14. The van der Waals surface area contributed by atoms with Gasteiger partial charge in [-0.15, -0.1) is 0 Å². The molecular formula is C5H12N2Si. The Morgan fingerprint density at radius 1 is 1.50 bits per heavy atom. The molecule has 8 heavy (non-hydrogen) atoms. The minimum absolute atomic E-state index is 0.496. The number of rotatable bonds is 2. The van der Waals surface area contributed by atoms with Gasteiger partial charge < -0.3 is 4.98 Å². The molecule has 0 bridgehead atoms. The highest BCUT2D eigenvalue weighted by Crippen LogP contribution is 1.91. The van der Waals surface area contributed by atoms with Crippen LogP contribution < -0.4 is 4.98 Å². The van der Waals surface area contributed by atoms with Gasteiger partial charge in [-0.25, -0.2) is 0 Å². The van der Waals surface area contributed by atoms with Gasteiger partial charge in [0.05, 0.1) is 12.6 Å². The monoisotopic (exact) mass is 128 g/mol. The van der Waals surface area contributed by atoms with Crippen molar-refractivity contribution < 1.29 is 0 Å². The van der Waals surface area contributed by atoms with Crippen LogP contribution in [0.25, 0.3) is 0 Å². The molecule has 0 aliphatic carbocycles. The molecule has 0 atom stereocenters. The predicted molar refractivity (Wildman–Crippen MR) is 37.0 cm³/mol. The lowest BCUT2D eigenvalue weighted by molar-refractivity contribution is 1.05. The highest BCUT2D eigenvalue weighted by Gasteiger charge is 2.09. The maximum Gasteiger partial charge on any atom is 0.117 e. The Morgan fingerprint density at radius 3 is 2.12 bits per heavy atom. The lowest BCUT2D eigenvalue weighted by atomic mass is 10.8. The van der Waals surface area contributed by atoms with Crippen LogP contribution in [0, 0.1) is 11.3 Å². The van der Waals surface area contributed by atoms with E-state index in [1.165, 1.54) is 0 Å². The summed E-state index contributed by atoms with van der Waals surface area (Å²) in [6, 6.07) is 2.05. The van der Waals surface area contributed by atoms with E-state index in [9.17, 15) is 0 Å². The molecule has 2 nitrogen and oxygen atoms in total. The molecular weight excluding hydrogens is 116 g/mol. The first-order valence-corrected chi connectivity index (χ1v) is 6.18. The third kappa shape index (κ3) is 5.67. The highest BCUT2D eigenvalue weighted by molar-refractivity contribution is 6.73. The first kappa shape index (κ1) is 7.67. The molecule has 0 aliphatic heterocycles. The van der Waals surface area contributed by atoms with Crippen LogP contribution in [0.2, 0.25) is 19.6 Å². The molecule has 0 aromatic heterocycles. The molecule has 1 N–H and O–H groups in total. The third-order valence-corrected chi connectivity index (χ3v) is 1.94. The van der Waals surface area contributed by atoms with E-state index >= 15 is 0 Å². The van der Waals surface area contributed by atoms with Crippen LogP contribution in [0.5, 0.6) is 0 Å². The standard InChI is InChI=1S/C5H12N2Si/c1-8(2,3)7-5-4-6/h7H,5H2,1-3H3. The predicted octanol–water partition coefficient (Wildman–Crippen LogP) is 0.934. The molecule has 46 valence electrons. The molecule has 0 saturated heterocycles. The van der Waals surface area contributed by atoms with Crippen LogP contribution in [0.4, 0.5) is 0 Å². The molecule has 0 aliphatic rings. The summed E-state index contributed by atoms with van der Waals surface area (Å²) < 4.78 is 0. The van der Waals surface area contributed by atoms with E-state index in [1.807, 2.05) is 6.07 Å². The second-order valence-corrected chi connectivity index (χ2v) is 7.62. The molecule has 0 radical (unpaired) electrons. The van der Waals surface area contributed by atoms with Crippen molar-refractivity contribution in [3.63, 3.8) is 0 Å². The van der Waals surface area contributed by atoms with Crippen molar-refractivity contribution in [1.29, 1.82) is 5.26 Å². The summed E-state index contributed by atoms with van der Waals surface area (Å²) in [4.78, 5) is 3.15. The second-order valence-electron chi connectivity index (χ2n) is 2.76. The van der Waals surface area contributed by atoms with Crippen molar-refractivity contribution in [3.8, 4) is 6.07 Å². The summed E-state index contributed by atoms with van der Waals surface area (Å²) in [6.45, 7) is 7.01. The van der Waals surface area contributed by atoms with Crippen molar-refractivity contribution in [2.75, 3.05) is 6.54 Å². The summed E-state index contributed by atoms with van der Waals surface area (Å²) in [5, 5.41) is 8.14. The van der Waals surface area contributed by atoms with Crippen LogP contribution in [-0.4, -0.2) is 14.8 Å². The van der Waals surface area contributed by atoms with Crippen molar-refractivity contribution in [1.82, 2.24) is 4.98 Å². The quantitative estimate of drug-likeness (QED) is 0.443. The van der Waals surface area contributed by atoms with Gasteiger partial charge in [0.2, 0.25) is 0 Å². The molecule has 3 heteroatoms. The van der Waals surface area contributed by atoms with Crippen LogP contribution in [-0.2, 0) is 0 Å². The Morgan fingerprint density at radius 2 is 2.00 bits per heavy atom. The molecule has 0 aromatic carbocycles. The van der Waals surface area contributed by atoms with E-state index in [0.29, 0.717) is 6.54 Å². The van der Waals surface area contributed by atoms with Gasteiger partial charge in [0.15, 0.2) is 0 Å². The second kappa shape index (κ2) is 2.85. The smallest absolute Gasteiger partial charge is 0.117 e. The zero-order valence-electron chi connectivity index (χ0n) is 5.65. The molecule has 0 unspecified atom stereocenters. The Labute approximate surface area is 51.6 Å². The van der Waals surface area contributed by atoms with Crippen molar-refractivity contribution in [3.05, 3.63) is 0 Å². The van der Waals surface area contributed by atoms with Crippen LogP contribution in [0.15, 0.2) is 0 Å². The largest absolute Gasteiger partial charge is 0.326 e. The molecule has 0 saturated carbocycles. The fraction of sp³-hybridized carbons (Fsp3) is 0.800. The van der Waals surface area contributed by atoms with E-state index in [4.69, 9.17) is 5.26 Å². The minimum atomic E-state index is -1.15. The Balaban J connectivity index is 3.28. The maximum absolute atomic E-state index is 8.14. The van der Waals surface area contributed by atoms with Gasteiger partial charge in [0.1, 0.15) is 8.24 Å². The number of nitrogens with zero attached hydrogens (tertiary/aromatic N) is 1. The fourth-order valence-corrected chi connectivity index (χ4v) is 0.914. The van der Waals surface area contributed by atoms with Crippen LogP contribution >= 0.6 is 0 Å². The Bertz CT molecular complexity index is 98.0. The van der Waals surface area contributed by atoms with Gasteiger partial charge >= 0.3 is 0 Å². The van der Waals surface area contributed by atoms with Crippen molar-refractivity contribution >= 4 is 8.24 Å².